The average Bonchev–Trinajstić information content (AvgIpc) is 2.03. The maximum absolute atomic E-state index is 12.7. The molecule has 0 aliphatic heterocycles. The van der Waals surface area contributed by atoms with Gasteiger partial charge in [0.25, 0.3) is 5.88 Å². The molecule has 1 heterocycles. The monoisotopic (exact) mass is 174 g/mol. The topological polar surface area (TPSA) is 48.1 Å². The Bertz CT molecular complexity index is 268. The standard InChI is InChI=1S/C7H8F2N2O/c8-5-3-6(9)7(11-4-5)12-2-1-10/h3-4H,1-2,10H2. The van der Waals surface area contributed by atoms with Crippen molar-refractivity contribution in [3.63, 3.8) is 0 Å². The molecule has 0 amide bonds. The van der Waals surface area contributed by atoms with Crippen molar-refractivity contribution < 1.29 is 13.5 Å². The number of ether oxygens (including phenoxy) is 1. The van der Waals surface area contributed by atoms with E-state index in [9.17, 15) is 8.78 Å². The molecule has 5 heteroatoms. The minimum Gasteiger partial charge on any atom is -0.474 e. The molecule has 0 aliphatic rings. The molecule has 66 valence electrons. The minimum atomic E-state index is -0.816. The Balaban J connectivity index is 2.72. The Morgan fingerprint density at radius 1 is 1.50 bits per heavy atom. The molecule has 0 aromatic carbocycles. The summed E-state index contributed by atoms with van der Waals surface area (Å²) in [6, 6.07) is 0.707. The van der Waals surface area contributed by atoms with Gasteiger partial charge in [0, 0.05) is 12.6 Å². The van der Waals surface area contributed by atoms with Crippen LogP contribution in [-0.2, 0) is 0 Å². The number of rotatable bonds is 3. The smallest absolute Gasteiger partial charge is 0.250 e. The second kappa shape index (κ2) is 3.96. The van der Waals surface area contributed by atoms with E-state index in [0.717, 1.165) is 6.20 Å². The predicted octanol–water partition coefficient (Wildman–Crippen LogP) is 0.697. The van der Waals surface area contributed by atoms with Gasteiger partial charge in [-0.1, -0.05) is 0 Å². The van der Waals surface area contributed by atoms with Crippen molar-refractivity contribution in [2.75, 3.05) is 13.2 Å². The highest BCUT2D eigenvalue weighted by Crippen LogP contribution is 2.12. The minimum absolute atomic E-state index is 0.162. The van der Waals surface area contributed by atoms with Gasteiger partial charge in [-0.2, -0.15) is 0 Å². The molecule has 0 saturated carbocycles. The zero-order valence-electron chi connectivity index (χ0n) is 6.26. The molecule has 0 unspecified atom stereocenters. The summed E-state index contributed by atoms with van der Waals surface area (Å²) in [6.45, 7) is 0.425. The zero-order valence-corrected chi connectivity index (χ0v) is 6.26. The fourth-order valence-electron chi connectivity index (χ4n) is 0.664. The van der Waals surface area contributed by atoms with Gasteiger partial charge in [0.15, 0.2) is 5.82 Å². The Morgan fingerprint density at radius 2 is 2.25 bits per heavy atom. The lowest BCUT2D eigenvalue weighted by Crippen LogP contribution is -2.12. The van der Waals surface area contributed by atoms with E-state index in [1.807, 2.05) is 0 Å². The molecule has 0 radical (unpaired) electrons. The Labute approximate surface area is 68.2 Å². The average molecular weight is 174 g/mol. The van der Waals surface area contributed by atoms with E-state index in [-0.39, 0.29) is 19.0 Å². The van der Waals surface area contributed by atoms with Crippen LogP contribution >= 0.6 is 0 Å². The summed E-state index contributed by atoms with van der Waals surface area (Å²) < 4.78 is 29.8. The molecule has 0 fully saturated rings. The van der Waals surface area contributed by atoms with Crippen molar-refractivity contribution in [3.05, 3.63) is 23.9 Å². The largest absolute Gasteiger partial charge is 0.474 e. The van der Waals surface area contributed by atoms with E-state index in [4.69, 9.17) is 10.5 Å². The van der Waals surface area contributed by atoms with E-state index >= 15 is 0 Å². The first-order valence-electron chi connectivity index (χ1n) is 3.38. The maximum Gasteiger partial charge on any atom is 0.250 e. The van der Waals surface area contributed by atoms with Gasteiger partial charge in [-0.05, 0) is 0 Å². The normalized spacial score (nSPS) is 9.92. The second-order valence-electron chi connectivity index (χ2n) is 2.08. The van der Waals surface area contributed by atoms with Crippen LogP contribution in [0.15, 0.2) is 12.3 Å². The first kappa shape index (κ1) is 8.86. The molecule has 2 N–H and O–H groups in total. The van der Waals surface area contributed by atoms with E-state index in [1.165, 1.54) is 0 Å². The number of nitrogens with zero attached hydrogens (tertiary/aromatic N) is 1. The SMILES string of the molecule is NCCOc1ncc(F)cc1F. The first-order chi connectivity index (χ1) is 5.74. The van der Waals surface area contributed by atoms with Crippen LogP contribution in [0.5, 0.6) is 5.88 Å². The predicted molar refractivity (Wildman–Crippen MR) is 38.7 cm³/mol. The van der Waals surface area contributed by atoms with Crippen LogP contribution < -0.4 is 10.5 Å². The summed E-state index contributed by atoms with van der Waals surface area (Å²) in [5.74, 6) is -1.77. The fourth-order valence-corrected chi connectivity index (χ4v) is 0.664. The highest BCUT2D eigenvalue weighted by Gasteiger charge is 2.05. The fraction of sp³-hybridized carbons (Fsp3) is 0.286. The maximum atomic E-state index is 12.7. The molecule has 1 rings (SSSR count). The van der Waals surface area contributed by atoms with Crippen molar-refractivity contribution in [1.82, 2.24) is 4.98 Å². The van der Waals surface area contributed by atoms with E-state index < -0.39 is 11.6 Å². The number of hydrogen-bond acceptors (Lipinski definition) is 3. The lowest BCUT2D eigenvalue weighted by atomic mass is 10.4. The summed E-state index contributed by atoms with van der Waals surface area (Å²) in [6.07, 6.45) is 0.884. The highest BCUT2D eigenvalue weighted by atomic mass is 19.1. The van der Waals surface area contributed by atoms with Crippen LogP contribution in [0.1, 0.15) is 0 Å². The van der Waals surface area contributed by atoms with Gasteiger partial charge in [0.2, 0.25) is 0 Å². The summed E-state index contributed by atoms with van der Waals surface area (Å²) in [4.78, 5) is 3.39. The number of halogens is 2. The number of nitrogens with two attached hydrogens (primary N) is 1. The summed E-state index contributed by atoms with van der Waals surface area (Å²) in [5.41, 5.74) is 5.11. The van der Waals surface area contributed by atoms with Crippen molar-refractivity contribution >= 4 is 0 Å². The third kappa shape index (κ3) is 2.13. The van der Waals surface area contributed by atoms with Gasteiger partial charge in [-0.25, -0.2) is 13.8 Å². The second-order valence-corrected chi connectivity index (χ2v) is 2.08. The van der Waals surface area contributed by atoms with Gasteiger partial charge in [-0.3, -0.25) is 0 Å². The van der Waals surface area contributed by atoms with Crippen LogP contribution in [0, 0.1) is 11.6 Å². The molecule has 12 heavy (non-hydrogen) atoms. The molecule has 1 aromatic rings. The Morgan fingerprint density at radius 3 is 2.83 bits per heavy atom. The van der Waals surface area contributed by atoms with Crippen molar-refractivity contribution in [2.24, 2.45) is 5.73 Å². The molecular weight excluding hydrogens is 166 g/mol. The number of hydrogen-bond donors (Lipinski definition) is 1. The summed E-state index contributed by atoms with van der Waals surface area (Å²) in [7, 11) is 0. The third-order valence-corrected chi connectivity index (χ3v) is 1.13. The van der Waals surface area contributed by atoms with Gasteiger partial charge >= 0.3 is 0 Å². The molecular formula is C7H8F2N2O. The quantitative estimate of drug-likeness (QED) is 0.733. The number of pyridine rings is 1. The Hall–Kier alpha value is -1.23. The number of aromatic nitrogens is 1. The lowest BCUT2D eigenvalue weighted by Gasteiger charge is -2.02. The van der Waals surface area contributed by atoms with Crippen LogP contribution in [0.4, 0.5) is 8.78 Å². The molecule has 0 spiro atoms. The van der Waals surface area contributed by atoms with E-state index in [1.54, 1.807) is 0 Å². The lowest BCUT2D eigenvalue weighted by molar-refractivity contribution is 0.296. The highest BCUT2D eigenvalue weighted by molar-refractivity contribution is 5.13. The molecule has 0 atom stereocenters. The summed E-state index contributed by atoms with van der Waals surface area (Å²) in [5, 5.41) is 0. The van der Waals surface area contributed by atoms with Crippen LogP contribution in [0.25, 0.3) is 0 Å². The van der Waals surface area contributed by atoms with Crippen molar-refractivity contribution in [3.8, 4) is 5.88 Å². The van der Waals surface area contributed by atoms with Gasteiger partial charge in [-0.15, -0.1) is 0 Å². The van der Waals surface area contributed by atoms with Crippen LogP contribution in [0.3, 0.4) is 0 Å². The van der Waals surface area contributed by atoms with Crippen molar-refractivity contribution in [2.45, 2.75) is 0 Å². The van der Waals surface area contributed by atoms with Crippen LogP contribution in [-0.4, -0.2) is 18.1 Å². The van der Waals surface area contributed by atoms with Crippen LogP contribution in [0.2, 0.25) is 0 Å². The van der Waals surface area contributed by atoms with E-state index in [0.29, 0.717) is 6.07 Å². The Kier molecular flexibility index (Phi) is 2.93. The molecule has 0 bridgehead atoms. The molecule has 0 aliphatic carbocycles. The van der Waals surface area contributed by atoms with Gasteiger partial charge in [0.05, 0.1) is 6.20 Å². The molecule has 0 saturated heterocycles. The van der Waals surface area contributed by atoms with Gasteiger partial charge < -0.3 is 10.5 Å². The summed E-state index contributed by atoms with van der Waals surface area (Å²) >= 11 is 0. The van der Waals surface area contributed by atoms with Crippen molar-refractivity contribution in [1.29, 1.82) is 0 Å². The van der Waals surface area contributed by atoms with E-state index in [2.05, 4.69) is 4.98 Å². The third-order valence-electron chi connectivity index (χ3n) is 1.13. The molecule has 1 aromatic heterocycles. The first-order valence-corrected chi connectivity index (χ1v) is 3.38. The molecule has 3 nitrogen and oxygen atoms in total. The van der Waals surface area contributed by atoms with Gasteiger partial charge in [0.1, 0.15) is 12.4 Å². The zero-order chi connectivity index (χ0) is 8.97.